The molecule has 0 bridgehead atoms. The molecule has 5 nitrogen and oxygen atoms in total. The van der Waals surface area contributed by atoms with Crippen LogP contribution in [0.2, 0.25) is 0 Å². The quantitative estimate of drug-likeness (QED) is 0.830. The number of hydrogen-bond donors (Lipinski definition) is 0. The van der Waals surface area contributed by atoms with Gasteiger partial charge < -0.3 is 4.90 Å². The topological polar surface area (TPSA) is 53.5 Å². The molecule has 1 aromatic heterocycles. The van der Waals surface area contributed by atoms with Gasteiger partial charge in [0.2, 0.25) is 10.0 Å². The Kier molecular flexibility index (Phi) is 4.80. The number of hydrogen-bond acceptors (Lipinski definition) is 4. The monoisotopic (exact) mass is 323 g/mol. The van der Waals surface area contributed by atoms with Gasteiger partial charge in [0.1, 0.15) is 0 Å². The van der Waals surface area contributed by atoms with E-state index in [0.717, 1.165) is 25.1 Å². The molecule has 6 heteroatoms. The van der Waals surface area contributed by atoms with E-state index >= 15 is 0 Å². The van der Waals surface area contributed by atoms with Crippen molar-refractivity contribution in [3.63, 3.8) is 0 Å². The summed E-state index contributed by atoms with van der Waals surface area (Å²) in [6, 6.07) is 3.82. The van der Waals surface area contributed by atoms with Gasteiger partial charge in [-0.1, -0.05) is 13.0 Å². The number of rotatable bonds is 5. The molecule has 0 spiro atoms. The second-order valence-electron chi connectivity index (χ2n) is 6.58. The minimum absolute atomic E-state index is 0.0488. The fourth-order valence-electron chi connectivity index (χ4n) is 3.56. The molecule has 0 amide bonds. The van der Waals surface area contributed by atoms with Gasteiger partial charge in [0.15, 0.2) is 0 Å². The molecule has 22 heavy (non-hydrogen) atoms. The average Bonchev–Trinajstić information content (AvgIpc) is 3.16. The van der Waals surface area contributed by atoms with Crippen LogP contribution in [0, 0.1) is 5.92 Å². The summed E-state index contributed by atoms with van der Waals surface area (Å²) >= 11 is 0. The van der Waals surface area contributed by atoms with Crippen LogP contribution in [0.4, 0.5) is 0 Å². The van der Waals surface area contributed by atoms with Crippen LogP contribution in [0.25, 0.3) is 0 Å². The summed E-state index contributed by atoms with van der Waals surface area (Å²) in [5.74, 6) is 0.628. The van der Waals surface area contributed by atoms with Gasteiger partial charge in [-0.25, -0.2) is 8.42 Å². The number of aromatic nitrogens is 1. The normalized spacial score (nSPS) is 27.5. The fourth-order valence-corrected chi connectivity index (χ4v) is 5.36. The summed E-state index contributed by atoms with van der Waals surface area (Å²) in [5.41, 5.74) is 1.01. The first-order valence-corrected chi connectivity index (χ1v) is 9.79. The van der Waals surface area contributed by atoms with Crippen molar-refractivity contribution < 1.29 is 8.42 Å². The van der Waals surface area contributed by atoms with E-state index in [4.69, 9.17) is 0 Å². The third kappa shape index (κ3) is 3.50. The lowest BCUT2D eigenvalue weighted by Gasteiger charge is -2.25. The van der Waals surface area contributed by atoms with Crippen molar-refractivity contribution in [2.24, 2.45) is 5.92 Å². The highest BCUT2D eigenvalue weighted by Crippen LogP contribution is 2.37. The predicted octanol–water partition coefficient (Wildman–Crippen LogP) is 1.89. The first-order valence-electron chi connectivity index (χ1n) is 8.18. The number of pyridine rings is 1. The van der Waals surface area contributed by atoms with E-state index in [1.165, 1.54) is 12.8 Å². The highest BCUT2D eigenvalue weighted by atomic mass is 32.2. The van der Waals surface area contributed by atoms with Gasteiger partial charge in [0.05, 0.1) is 11.8 Å². The van der Waals surface area contributed by atoms with Crippen molar-refractivity contribution in [3.05, 3.63) is 30.1 Å². The Bertz CT molecular complexity index is 585. The second kappa shape index (κ2) is 6.64. The van der Waals surface area contributed by atoms with E-state index in [2.05, 4.69) is 16.8 Å². The molecule has 2 saturated heterocycles. The van der Waals surface area contributed by atoms with E-state index in [9.17, 15) is 8.42 Å². The Labute approximate surface area is 133 Å². The lowest BCUT2D eigenvalue weighted by atomic mass is 10.0. The zero-order chi connectivity index (χ0) is 15.6. The van der Waals surface area contributed by atoms with E-state index < -0.39 is 10.0 Å². The summed E-state index contributed by atoms with van der Waals surface area (Å²) in [6.45, 7) is 5.49. The SMILES string of the molecule is C[C@H]1C[C@@H](c2cccnc2)N(S(=O)(=O)CCN2CCCC2)C1. The third-order valence-corrected chi connectivity index (χ3v) is 6.57. The van der Waals surface area contributed by atoms with Crippen LogP contribution >= 0.6 is 0 Å². The van der Waals surface area contributed by atoms with Crippen LogP contribution in [-0.4, -0.2) is 54.5 Å². The molecule has 2 aliphatic rings. The molecule has 2 aliphatic heterocycles. The van der Waals surface area contributed by atoms with E-state index in [1.807, 2.05) is 12.1 Å². The molecule has 122 valence electrons. The number of sulfonamides is 1. The molecule has 3 rings (SSSR count). The molecule has 2 fully saturated rings. The van der Waals surface area contributed by atoms with Crippen LogP contribution in [0.15, 0.2) is 24.5 Å². The Balaban J connectivity index is 1.72. The first kappa shape index (κ1) is 15.9. The molecule has 0 saturated carbocycles. The lowest BCUT2D eigenvalue weighted by Crippen LogP contribution is -2.37. The molecule has 2 atom stereocenters. The highest BCUT2D eigenvalue weighted by Gasteiger charge is 2.38. The molecular formula is C16H25N3O2S. The van der Waals surface area contributed by atoms with Gasteiger partial charge in [0, 0.05) is 25.5 Å². The van der Waals surface area contributed by atoms with Crippen LogP contribution in [0.5, 0.6) is 0 Å². The largest absolute Gasteiger partial charge is 0.302 e. The van der Waals surface area contributed by atoms with Crippen molar-refractivity contribution in [1.29, 1.82) is 0 Å². The Morgan fingerprint density at radius 3 is 2.77 bits per heavy atom. The fraction of sp³-hybridized carbons (Fsp3) is 0.688. The second-order valence-corrected chi connectivity index (χ2v) is 8.62. The minimum Gasteiger partial charge on any atom is -0.302 e. The van der Waals surface area contributed by atoms with E-state index in [-0.39, 0.29) is 11.8 Å². The highest BCUT2D eigenvalue weighted by molar-refractivity contribution is 7.89. The third-order valence-electron chi connectivity index (χ3n) is 4.76. The first-order chi connectivity index (χ1) is 10.6. The molecule has 1 aromatic rings. The van der Waals surface area contributed by atoms with Gasteiger partial charge in [0.25, 0.3) is 0 Å². The maximum absolute atomic E-state index is 12.8. The van der Waals surface area contributed by atoms with Crippen molar-refractivity contribution in [1.82, 2.24) is 14.2 Å². The average molecular weight is 323 g/mol. The summed E-state index contributed by atoms with van der Waals surface area (Å²) in [4.78, 5) is 6.41. The molecule has 0 unspecified atom stereocenters. The number of likely N-dealkylation sites (tertiary alicyclic amines) is 1. The predicted molar refractivity (Wildman–Crippen MR) is 86.9 cm³/mol. The molecule has 3 heterocycles. The van der Waals surface area contributed by atoms with Crippen LogP contribution in [0.3, 0.4) is 0 Å². The van der Waals surface area contributed by atoms with Gasteiger partial charge in [-0.05, 0) is 49.9 Å². The Morgan fingerprint density at radius 1 is 1.32 bits per heavy atom. The summed E-state index contributed by atoms with van der Waals surface area (Å²) in [6.07, 6.45) is 6.80. The lowest BCUT2D eigenvalue weighted by molar-refractivity contribution is 0.348. The molecular weight excluding hydrogens is 298 g/mol. The maximum Gasteiger partial charge on any atom is 0.215 e. The van der Waals surface area contributed by atoms with Crippen molar-refractivity contribution in [2.45, 2.75) is 32.2 Å². The standard InChI is InChI=1S/C16H25N3O2S/c1-14-11-16(15-5-4-6-17-12-15)19(13-14)22(20,21)10-9-18-7-2-3-8-18/h4-6,12,14,16H,2-3,7-11,13H2,1H3/t14-,16-/m0/s1. The van der Waals surface area contributed by atoms with Gasteiger partial charge in [-0.2, -0.15) is 4.31 Å². The van der Waals surface area contributed by atoms with E-state index in [0.29, 0.717) is 19.0 Å². The zero-order valence-electron chi connectivity index (χ0n) is 13.2. The van der Waals surface area contributed by atoms with Crippen molar-refractivity contribution >= 4 is 10.0 Å². The zero-order valence-corrected chi connectivity index (χ0v) is 14.0. The Morgan fingerprint density at radius 2 is 2.09 bits per heavy atom. The summed E-state index contributed by atoms with van der Waals surface area (Å²) in [5, 5.41) is 0. The smallest absolute Gasteiger partial charge is 0.215 e. The minimum atomic E-state index is -3.21. The number of nitrogens with zero attached hydrogens (tertiary/aromatic N) is 3. The van der Waals surface area contributed by atoms with Crippen molar-refractivity contribution in [2.75, 3.05) is 31.9 Å². The molecule has 0 aromatic carbocycles. The van der Waals surface area contributed by atoms with Crippen LogP contribution in [-0.2, 0) is 10.0 Å². The van der Waals surface area contributed by atoms with Gasteiger partial charge in [-0.15, -0.1) is 0 Å². The molecule has 0 radical (unpaired) electrons. The summed E-state index contributed by atoms with van der Waals surface area (Å²) in [7, 11) is -3.21. The summed E-state index contributed by atoms with van der Waals surface area (Å²) < 4.78 is 27.3. The maximum atomic E-state index is 12.8. The van der Waals surface area contributed by atoms with Crippen molar-refractivity contribution in [3.8, 4) is 0 Å². The Hall–Kier alpha value is -0.980. The molecule has 0 aliphatic carbocycles. The van der Waals surface area contributed by atoms with E-state index in [1.54, 1.807) is 16.7 Å². The molecule has 0 N–H and O–H groups in total. The van der Waals surface area contributed by atoms with Crippen LogP contribution in [0.1, 0.15) is 37.8 Å². The van der Waals surface area contributed by atoms with Gasteiger partial charge in [-0.3, -0.25) is 4.98 Å². The van der Waals surface area contributed by atoms with Gasteiger partial charge >= 0.3 is 0 Å². The van der Waals surface area contributed by atoms with Crippen LogP contribution < -0.4 is 0 Å².